The number of hydrogen-bond donors (Lipinski definition) is 0. The topological polar surface area (TPSA) is 59.1 Å². The van der Waals surface area contributed by atoms with Gasteiger partial charge in [0.25, 0.3) is 0 Å². The number of hydrogen-bond acceptors (Lipinski definition) is 6. The lowest BCUT2D eigenvalue weighted by Gasteiger charge is -2.19. The summed E-state index contributed by atoms with van der Waals surface area (Å²) in [5.41, 5.74) is 0. The highest BCUT2D eigenvalue weighted by Crippen LogP contribution is 2.16. The summed E-state index contributed by atoms with van der Waals surface area (Å²) >= 11 is 0. The van der Waals surface area contributed by atoms with Crippen LogP contribution in [-0.4, -0.2) is 74.2 Å². The van der Waals surface area contributed by atoms with Gasteiger partial charge in [0.1, 0.15) is 13.2 Å². The van der Waals surface area contributed by atoms with Crippen LogP contribution in [0.3, 0.4) is 0 Å². The maximum Gasteiger partial charge on any atom is 0.305 e. The maximum absolute atomic E-state index is 11.7. The lowest BCUT2D eigenvalue weighted by Crippen LogP contribution is -2.30. The third kappa shape index (κ3) is 6.40. The molecule has 6 heteroatoms. The van der Waals surface area contributed by atoms with Crippen molar-refractivity contribution in [3.8, 4) is 0 Å². The molecule has 0 aromatic carbocycles. The largest absolute Gasteiger partial charge is 0.464 e. The van der Waals surface area contributed by atoms with E-state index < -0.39 is 0 Å². The van der Waals surface area contributed by atoms with Crippen molar-refractivity contribution in [2.45, 2.75) is 63.5 Å². The first kappa shape index (κ1) is 19.2. The predicted octanol–water partition coefficient (Wildman–Crippen LogP) is 1.82. The lowest BCUT2D eigenvalue weighted by molar-refractivity contribution is -0.147. The summed E-state index contributed by atoms with van der Waals surface area (Å²) in [7, 11) is 4.14. The summed E-state index contributed by atoms with van der Waals surface area (Å²) in [5, 5.41) is 0. The van der Waals surface area contributed by atoms with E-state index in [1.807, 2.05) is 0 Å². The molecule has 6 nitrogen and oxygen atoms in total. The molecule has 0 saturated carbocycles. The van der Waals surface area contributed by atoms with Crippen molar-refractivity contribution in [2.24, 2.45) is 0 Å². The van der Waals surface area contributed by atoms with Crippen molar-refractivity contribution in [3.63, 3.8) is 0 Å². The molecule has 2 atom stereocenters. The predicted molar refractivity (Wildman–Crippen MR) is 91.7 cm³/mol. The van der Waals surface area contributed by atoms with Gasteiger partial charge < -0.3 is 19.3 Å². The molecule has 2 rings (SSSR count). The average molecular weight is 340 g/mol. The fourth-order valence-electron chi connectivity index (χ4n) is 3.44. The molecule has 2 heterocycles. The Balaban J connectivity index is 1.46. The molecular formula is C18H32N2O4. The van der Waals surface area contributed by atoms with Crippen molar-refractivity contribution < 1.29 is 19.1 Å². The zero-order valence-corrected chi connectivity index (χ0v) is 15.2. The van der Waals surface area contributed by atoms with Crippen LogP contribution in [0.15, 0.2) is 0 Å². The number of carbonyl (C=O) groups excluding carboxylic acids is 2. The van der Waals surface area contributed by atoms with Crippen LogP contribution in [0.4, 0.5) is 0 Å². The molecule has 0 aliphatic carbocycles. The highest BCUT2D eigenvalue weighted by molar-refractivity contribution is 5.70. The number of nitrogens with zero attached hydrogens (tertiary/aromatic N) is 2. The Bertz CT molecular complexity index is 378. The molecule has 2 aliphatic heterocycles. The van der Waals surface area contributed by atoms with Gasteiger partial charge >= 0.3 is 11.9 Å². The van der Waals surface area contributed by atoms with E-state index in [9.17, 15) is 9.59 Å². The molecule has 138 valence electrons. The monoisotopic (exact) mass is 340 g/mol. The van der Waals surface area contributed by atoms with Gasteiger partial charge in [-0.05, 0) is 65.7 Å². The quantitative estimate of drug-likeness (QED) is 0.471. The van der Waals surface area contributed by atoms with E-state index in [-0.39, 0.29) is 11.9 Å². The van der Waals surface area contributed by atoms with Crippen LogP contribution in [-0.2, 0) is 19.1 Å². The first-order valence-electron chi connectivity index (χ1n) is 9.28. The molecule has 0 unspecified atom stereocenters. The second-order valence-corrected chi connectivity index (χ2v) is 7.13. The molecule has 24 heavy (non-hydrogen) atoms. The molecule has 2 aliphatic rings. The number of unbranched alkanes of at least 4 members (excludes halogenated alkanes) is 1. The number of likely N-dealkylation sites (tertiary alicyclic amines) is 2. The molecular weight excluding hydrogens is 308 g/mol. The van der Waals surface area contributed by atoms with Crippen LogP contribution >= 0.6 is 0 Å². The SMILES string of the molecule is CN1CCC[C@H]1COC(=O)CCCCC(=O)OC[C@@H]1CCCN1C. The molecule has 2 fully saturated rings. The fourth-order valence-corrected chi connectivity index (χ4v) is 3.44. The summed E-state index contributed by atoms with van der Waals surface area (Å²) in [6, 6.07) is 0.746. The lowest BCUT2D eigenvalue weighted by atomic mass is 10.2. The van der Waals surface area contributed by atoms with Crippen LogP contribution in [0, 0.1) is 0 Å². The number of ether oxygens (including phenoxy) is 2. The van der Waals surface area contributed by atoms with Crippen molar-refractivity contribution in [2.75, 3.05) is 40.4 Å². The molecule has 0 aromatic heterocycles. The van der Waals surface area contributed by atoms with Gasteiger partial charge in [0.2, 0.25) is 0 Å². The van der Waals surface area contributed by atoms with Gasteiger partial charge in [0, 0.05) is 24.9 Å². The molecule has 0 aromatic rings. The number of carbonyl (C=O) groups is 2. The number of esters is 2. The fraction of sp³-hybridized carbons (Fsp3) is 0.889. The molecule has 2 saturated heterocycles. The summed E-state index contributed by atoms with van der Waals surface area (Å²) in [6.07, 6.45) is 6.69. The molecule has 0 N–H and O–H groups in total. The van der Waals surface area contributed by atoms with Crippen LogP contribution < -0.4 is 0 Å². The first-order chi connectivity index (χ1) is 11.6. The van der Waals surface area contributed by atoms with E-state index in [0.29, 0.717) is 51.0 Å². The van der Waals surface area contributed by atoms with E-state index in [4.69, 9.17) is 9.47 Å². The summed E-state index contributed by atoms with van der Waals surface area (Å²) in [6.45, 7) is 3.15. The first-order valence-corrected chi connectivity index (χ1v) is 9.28. The van der Waals surface area contributed by atoms with Crippen molar-refractivity contribution in [1.82, 2.24) is 9.80 Å². The smallest absolute Gasteiger partial charge is 0.305 e. The van der Waals surface area contributed by atoms with E-state index in [1.54, 1.807) is 0 Å². The molecule has 0 spiro atoms. The van der Waals surface area contributed by atoms with Crippen LogP contribution in [0.25, 0.3) is 0 Å². The summed E-state index contributed by atoms with van der Waals surface area (Å²) < 4.78 is 10.7. The Labute approximate surface area is 145 Å². The van der Waals surface area contributed by atoms with Crippen molar-refractivity contribution >= 4 is 11.9 Å². The van der Waals surface area contributed by atoms with Crippen LogP contribution in [0.1, 0.15) is 51.4 Å². The highest BCUT2D eigenvalue weighted by atomic mass is 16.5. The van der Waals surface area contributed by atoms with Gasteiger partial charge in [-0.3, -0.25) is 9.59 Å². The second-order valence-electron chi connectivity index (χ2n) is 7.13. The van der Waals surface area contributed by atoms with E-state index in [2.05, 4.69) is 23.9 Å². The van der Waals surface area contributed by atoms with E-state index in [1.165, 1.54) is 12.8 Å². The van der Waals surface area contributed by atoms with Crippen molar-refractivity contribution in [1.29, 1.82) is 0 Å². The minimum atomic E-state index is -0.156. The average Bonchev–Trinajstić information content (AvgIpc) is 3.15. The van der Waals surface area contributed by atoms with Gasteiger partial charge in [-0.1, -0.05) is 0 Å². The Hall–Kier alpha value is -1.14. The zero-order chi connectivity index (χ0) is 17.4. The Morgan fingerprint density at radius 2 is 1.25 bits per heavy atom. The number of rotatable bonds is 9. The van der Waals surface area contributed by atoms with Crippen LogP contribution in [0.5, 0.6) is 0 Å². The standard InChI is InChI=1S/C18H32N2O4/c1-19-11-5-7-15(19)13-23-17(21)9-3-4-10-18(22)24-14-16-8-6-12-20(16)2/h15-16H,3-14H2,1-2H3/t15-,16-/m0/s1. The summed E-state index contributed by atoms with van der Waals surface area (Å²) in [4.78, 5) is 27.9. The third-order valence-corrected chi connectivity index (χ3v) is 5.23. The summed E-state index contributed by atoms with van der Waals surface area (Å²) in [5.74, 6) is -0.313. The zero-order valence-electron chi connectivity index (χ0n) is 15.2. The minimum absolute atomic E-state index is 0.156. The Morgan fingerprint density at radius 3 is 1.58 bits per heavy atom. The van der Waals surface area contributed by atoms with Crippen LogP contribution in [0.2, 0.25) is 0 Å². The van der Waals surface area contributed by atoms with E-state index in [0.717, 1.165) is 25.9 Å². The van der Waals surface area contributed by atoms with Gasteiger partial charge in [-0.25, -0.2) is 0 Å². The van der Waals surface area contributed by atoms with Gasteiger partial charge in [-0.15, -0.1) is 0 Å². The molecule has 0 amide bonds. The highest BCUT2D eigenvalue weighted by Gasteiger charge is 2.23. The Kier molecular flexibility index (Phi) is 7.99. The third-order valence-electron chi connectivity index (χ3n) is 5.23. The molecule has 0 radical (unpaired) electrons. The maximum atomic E-state index is 11.7. The molecule has 0 bridgehead atoms. The minimum Gasteiger partial charge on any atom is -0.464 e. The second kappa shape index (κ2) is 9.99. The van der Waals surface area contributed by atoms with Gasteiger partial charge in [0.15, 0.2) is 0 Å². The number of likely N-dealkylation sites (N-methyl/N-ethyl adjacent to an activating group) is 2. The van der Waals surface area contributed by atoms with Crippen molar-refractivity contribution in [3.05, 3.63) is 0 Å². The van der Waals surface area contributed by atoms with Gasteiger partial charge in [-0.2, -0.15) is 0 Å². The van der Waals surface area contributed by atoms with E-state index >= 15 is 0 Å². The normalized spacial score (nSPS) is 25.1. The Morgan fingerprint density at radius 1 is 0.833 bits per heavy atom. The van der Waals surface area contributed by atoms with Gasteiger partial charge in [0.05, 0.1) is 0 Å².